The second kappa shape index (κ2) is 6.50. The monoisotopic (exact) mass is 256 g/mol. The van der Waals surface area contributed by atoms with Gasteiger partial charge in [-0.1, -0.05) is 0 Å². The van der Waals surface area contributed by atoms with Crippen molar-refractivity contribution in [3.05, 3.63) is 0 Å². The number of carbonyl (C=O) groups is 1. The Bertz CT molecular complexity index is 285. The van der Waals surface area contributed by atoms with Crippen molar-refractivity contribution in [2.75, 3.05) is 39.3 Å². The smallest absolute Gasteiger partial charge is 0.334 e. The van der Waals surface area contributed by atoms with E-state index in [1.807, 2.05) is 6.92 Å². The maximum absolute atomic E-state index is 11.1. The second-order valence-corrected chi connectivity index (χ2v) is 5.23. The van der Waals surface area contributed by atoms with Crippen LogP contribution in [0.25, 0.3) is 0 Å². The fraction of sp³-hybridized carbons (Fsp3) is 0.923. The normalized spacial score (nSPS) is 27.7. The highest BCUT2D eigenvalue weighted by Crippen LogP contribution is 2.21. The summed E-state index contributed by atoms with van der Waals surface area (Å²) in [5, 5.41) is 9.13. The molecule has 0 aromatic carbocycles. The minimum absolute atomic E-state index is 0.459. The lowest BCUT2D eigenvalue weighted by molar-refractivity contribution is -0.151. The Morgan fingerprint density at radius 3 is 2.89 bits per heavy atom. The molecule has 5 heteroatoms. The van der Waals surface area contributed by atoms with Gasteiger partial charge in [-0.05, 0) is 45.8 Å². The number of carboxylic acids is 1. The highest BCUT2D eigenvalue weighted by Gasteiger charge is 2.30. The molecule has 0 aromatic heterocycles. The maximum Gasteiger partial charge on any atom is 0.334 e. The van der Waals surface area contributed by atoms with Crippen LogP contribution >= 0.6 is 0 Å². The van der Waals surface area contributed by atoms with E-state index in [4.69, 9.17) is 9.84 Å². The number of ether oxygens (including phenoxy) is 1. The molecule has 0 aromatic rings. The van der Waals surface area contributed by atoms with Crippen LogP contribution in [0.2, 0.25) is 0 Å². The lowest BCUT2D eigenvalue weighted by Crippen LogP contribution is -2.43. The van der Waals surface area contributed by atoms with E-state index < -0.39 is 12.1 Å². The molecule has 2 aliphatic heterocycles. The van der Waals surface area contributed by atoms with Gasteiger partial charge in [-0.15, -0.1) is 0 Å². The molecule has 2 saturated heterocycles. The summed E-state index contributed by atoms with van der Waals surface area (Å²) in [5.41, 5.74) is 0. The molecule has 0 amide bonds. The van der Waals surface area contributed by atoms with E-state index >= 15 is 0 Å². The van der Waals surface area contributed by atoms with E-state index in [1.54, 1.807) is 0 Å². The van der Waals surface area contributed by atoms with Gasteiger partial charge in [-0.3, -0.25) is 9.80 Å². The quantitative estimate of drug-likeness (QED) is 0.782. The summed E-state index contributed by atoms with van der Waals surface area (Å²) in [7, 11) is 0. The third-order valence-electron chi connectivity index (χ3n) is 3.95. The third kappa shape index (κ3) is 3.43. The molecule has 2 rings (SSSR count). The highest BCUT2D eigenvalue weighted by atomic mass is 16.5. The van der Waals surface area contributed by atoms with Crippen LogP contribution in [0.3, 0.4) is 0 Å². The first-order valence-corrected chi connectivity index (χ1v) is 7.01. The lowest BCUT2D eigenvalue weighted by Gasteiger charge is -2.27. The summed E-state index contributed by atoms with van der Waals surface area (Å²) in [6, 6.07) is 0.628. The zero-order valence-corrected chi connectivity index (χ0v) is 11.2. The molecule has 2 unspecified atom stereocenters. The van der Waals surface area contributed by atoms with E-state index in [0.29, 0.717) is 19.2 Å². The Morgan fingerprint density at radius 2 is 2.17 bits per heavy atom. The van der Waals surface area contributed by atoms with Crippen LogP contribution in [0.1, 0.15) is 26.2 Å². The van der Waals surface area contributed by atoms with Gasteiger partial charge in [0.15, 0.2) is 6.10 Å². The summed E-state index contributed by atoms with van der Waals surface area (Å²) >= 11 is 0. The average molecular weight is 256 g/mol. The molecule has 2 fully saturated rings. The molecule has 0 spiro atoms. The number of rotatable bonds is 5. The van der Waals surface area contributed by atoms with E-state index in [9.17, 15) is 4.79 Å². The van der Waals surface area contributed by atoms with Crippen LogP contribution in [0.4, 0.5) is 0 Å². The highest BCUT2D eigenvalue weighted by molar-refractivity contribution is 5.72. The minimum Gasteiger partial charge on any atom is -0.479 e. The summed E-state index contributed by atoms with van der Waals surface area (Å²) in [4.78, 5) is 15.9. The van der Waals surface area contributed by atoms with E-state index in [2.05, 4.69) is 9.80 Å². The molecule has 2 heterocycles. The molecule has 0 aliphatic carbocycles. The molecule has 5 nitrogen and oxygen atoms in total. The van der Waals surface area contributed by atoms with E-state index in [1.165, 1.54) is 19.4 Å². The van der Waals surface area contributed by atoms with Gasteiger partial charge < -0.3 is 9.84 Å². The number of fused-ring (bicyclic) bond motifs is 1. The second-order valence-electron chi connectivity index (χ2n) is 5.23. The standard InChI is InChI=1S/C13H24N2O3/c1-2-18-12(13(16)17)10-14-6-4-8-15-7-3-5-11(15)9-14/h11-12H,2-10H2,1H3,(H,16,17). The van der Waals surface area contributed by atoms with Crippen molar-refractivity contribution in [2.45, 2.75) is 38.3 Å². The van der Waals surface area contributed by atoms with Gasteiger partial charge in [0, 0.05) is 25.7 Å². The van der Waals surface area contributed by atoms with Gasteiger partial charge in [0.05, 0.1) is 0 Å². The van der Waals surface area contributed by atoms with Gasteiger partial charge in [0.1, 0.15) is 0 Å². The van der Waals surface area contributed by atoms with Crippen LogP contribution in [0.15, 0.2) is 0 Å². The van der Waals surface area contributed by atoms with Crippen LogP contribution in [0, 0.1) is 0 Å². The molecule has 1 N–H and O–H groups in total. The molecule has 18 heavy (non-hydrogen) atoms. The van der Waals surface area contributed by atoms with Gasteiger partial charge in [-0.2, -0.15) is 0 Å². The Hall–Kier alpha value is -0.650. The molecular weight excluding hydrogens is 232 g/mol. The number of nitrogens with zero attached hydrogens (tertiary/aromatic N) is 2. The van der Waals surface area contributed by atoms with Crippen LogP contribution in [-0.2, 0) is 9.53 Å². The maximum atomic E-state index is 11.1. The molecule has 0 bridgehead atoms. The van der Waals surface area contributed by atoms with Crippen molar-refractivity contribution >= 4 is 5.97 Å². The zero-order valence-electron chi connectivity index (χ0n) is 11.2. The van der Waals surface area contributed by atoms with Gasteiger partial charge in [-0.25, -0.2) is 4.79 Å². The van der Waals surface area contributed by atoms with Crippen LogP contribution in [-0.4, -0.2) is 72.4 Å². The average Bonchev–Trinajstić information content (AvgIpc) is 2.67. The Balaban J connectivity index is 1.89. The summed E-state index contributed by atoms with van der Waals surface area (Å²) in [6.45, 7) is 7.19. The summed E-state index contributed by atoms with van der Waals surface area (Å²) in [6.07, 6.45) is 2.99. The fourth-order valence-electron chi connectivity index (χ4n) is 3.09. The Labute approximate surface area is 109 Å². The molecular formula is C13H24N2O3. The first kappa shape index (κ1) is 13.8. The van der Waals surface area contributed by atoms with Crippen molar-refractivity contribution in [1.29, 1.82) is 0 Å². The van der Waals surface area contributed by atoms with Crippen molar-refractivity contribution in [1.82, 2.24) is 9.80 Å². The van der Waals surface area contributed by atoms with Crippen LogP contribution < -0.4 is 0 Å². The minimum atomic E-state index is -0.843. The molecule has 0 saturated carbocycles. The SMILES string of the molecule is CCOC(CN1CCCN2CCCC2C1)C(=O)O. The first-order valence-electron chi connectivity index (χ1n) is 7.01. The van der Waals surface area contributed by atoms with Gasteiger partial charge >= 0.3 is 5.97 Å². The number of aliphatic carboxylic acids is 1. The summed E-state index contributed by atoms with van der Waals surface area (Å²) in [5.74, 6) is -0.843. The van der Waals surface area contributed by atoms with Crippen LogP contribution in [0.5, 0.6) is 0 Å². The van der Waals surface area contributed by atoms with Crippen molar-refractivity contribution in [3.63, 3.8) is 0 Å². The Kier molecular flexibility index (Phi) is 4.97. The molecule has 0 radical (unpaired) electrons. The predicted octanol–water partition coefficient (Wildman–Crippen LogP) is 0.646. The van der Waals surface area contributed by atoms with Gasteiger partial charge in [0.2, 0.25) is 0 Å². The van der Waals surface area contributed by atoms with Crippen molar-refractivity contribution in [3.8, 4) is 0 Å². The largest absolute Gasteiger partial charge is 0.479 e. The number of carboxylic acid groups (broad SMARTS) is 1. The number of hydrogen-bond acceptors (Lipinski definition) is 4. The molecule has 2 aliphatic rings. The molecule has 104 valence electrons. The lowest BCUT2D eigenvalue weighted by atomic mass is 10.2. The number of hydrogen-bond donors (Lipinski definition) is 1. The van der Waals surface area contributed by atoms with Gasteiger partial charge in [0.25, 0.3) is 0 Å². The summed E-state index contributed by atoms with van der Waals surface area (Å²) < 4.78 is 5.30. The fourth-order valence-corrected chi connectivity index (χ4v) is 3.09. The zero-order chi connectivity index (χ0) is 13.0. The topological polar surface area (TPSA) is 53.0 Å². The van der Waals surface area contributed by atoms with Crippen molar-refractivity contribution < 1.29 is 14.6 Å². The third-order valence-corrected chi connectivity index (χ3v) is 3.95. The predicted molar refractivity (Wildman–Crippen MR) is 68.7 cm³/mol. The molecule has 2 atom stereocenters. The van der Waals surface area contributed by atoms with E-state index in [-0.39, 0.29) is 0 Å². The first-order chi connectivity index (χ1) is 8.70. The van der Waals surface area contributed by atoms with E-state index in [0.717, 1.165) is 26.1 Å². The Morgan fingerprint density at radius 1 is 1.39 bits per heavy atom. The van der Waals surface area contributed by atoms with Crippen molar-refractivity contribution in [2.24, 2.45) is 0 Å².